The van der Waals surface area contributed by atoms with E-state index < -0.39 is 23.7 Å². The first-order valence-corrected chi connectivity index (χ1v) is 7.16. The number of carbonyl (C=O) groups excluding carboxylic acids is 1. The monoisotopic (exact) mass is 315 g/mol. The first-order valence-electron chi connectivity index (χ1n) is 7.16. The molecule has 2 atom stereocenters. The van der Waals surface area contributed by atoms with E-state index in [9.17, 15) is 13.6 Å². The van der Waals surface area contributed by atoms with Crippen molar-refractivity contribution in [3.8, 4) is 0 Å². The van der Waals surface area contributed by atoms with Crippen LogP contribution in [0, 0.1) is 11.6 Å². The van der Waals surface area contributed by atoms with Gasteiger partial charge in [-0.2, -0.15) is 0 Å². The van der Waals surface area contributed by atoms with E-state index in [0.29, 0.717) is 6.42 Å². The zero-order chi connectivity index (χ0) is 16.7. The number of halogens is 2. The minimum Gasteiger partial charge on any atom is -0.394 e. The zero-order valence-electron chi connectivity index (χ0n) is 13.1. The second-order valence-corrected chi connectivity index (χ2v) is 5.26. The molecule has 2 amide bonds. The molecular formula is C15H23F2N3O2. The van der Waals surface area contributed by atoms with Crippen LogP contribution in [0.4, 0.5) is 13.6 Å². The van der Waals surface area contributed by atoms with E-state index >= 15 is 0 Å². The summed E-state index contributed by atoms with van der Waals surface area (Å²) in [5.41, 5.74) is -0.0815. The molecule has 22 heavy (non-hydrogen) atoms. The lowest BCUT2D eigenvalue weighted by Crippen LogP contribution is -2.46. The third-order valence-corrected chi connectivity index (χ3v) is 3.46. The van der Waals surface area contributed by atoms with Crippen molar-refractivity contribution >= 4 is 6.03 Å². The third-order valence-electron chi connectivity index (χ3n) is 3.46. The number of benzene rings is 1. The molecule has 0 aliphatic heterocycles. The van der Waals surface area contributed by atoms with Crippen molar-refractivity contribution in [1.82, 2.24) is 15.5 Å². The van der Waals surface area contributed by atoms with Gasteiger partial charge in [0.25, 0.3) is 0 Å². The number of hydrogen-bond donors (Lipinski definition) is 3. The Balaban J connectivity index is 2.76. The molecular weight excluding hydrogens is 292 g/mol. The summed E-state index contributed by atoms with van der Waals surface area (Å²) in [4.78, 5) is 13.4. The van der Waals surface area contributed by atoms with Gasteiger partial charge in [0.15, 0.2) is 0 Å². The molecule has 5 nitrogen and oxygen atoms in total. The Kier molecular flexibility index (Phi) is 7.20. The zero-order valence-corrected chi connectivity index (χ0v) is 13.1. The predicted octanol–water partition coefficient (Wildman–Crippen LogP) is 1.64. The van der Waals surface area contributed by atoms with E-state index in [2.05, 4.69) is 10.6 Å². The van der Waals surface area contributed by atoms with Crippen LogP contribution in [-0.2, 0) is 0 Å². The molecule has 0 saturated carbocycles. The molecule has 0 aliphatic rings. The van der Waals surface area contributed by atoms with Crippen molar-refractivity contribution in [3.05, 3.63) is 35.4 Å². The number of carbonyl (C=O) groups is 1. The first kappa shape index (κ1) is 18.3. The maximum atomic E-state index is 13.9. The van der Waals surface area contributed by atoms with Gasteiger partial charge in [0, 0.05) is 12.1 Å². The Bertz CT molecular complexity index is 473. The van der Waals surface area contributed by atoms with Crippen molar-refractivity contribution in [3.63, 3.8) is 0 Å². The fourth-order valence-corrected chi connectivity index (χ4v) is 2.07. The van der Waals surface area contributed by atoms with Crippen LogP contribution in [-0.4, -0.2) is 49.3 Å². The summed E-state index contributed by atoms with van der Waals surface area (Å²) in [5.74, 6) is -1.30. The van der Waals surface area contributed by atoms with Gasteiger partial charge in [-0.1, -0.05) is 13.0 Å². The second kappa shape index (κ2) is 8.65. The molecule has 0 saturated heterocycles. The quantitative estimate of drug-likeness (QED) is 0.717. The van der Waals surface area contributed by atoms with E-state index in [-0.39, 0.29) is 24.8 Å². The molecule has 1 aromatic rings. The molecule has 0 radical (unpaired) electrons. The molecule has 1 aromatic carbocycles. The second-order valence-electron chi connectivity index (χ2n) is 5.26. The molecule has 1 rings (SSSR count). The Hall–Kier alpha value is -1.73. The minimum atomic E-state index is -0.650. The molecule has 124 valence electrons. The van der Waals surface area contributed by atoms with Gasteiger partial charge in [0.05, 0.1) is 18.7 Å². The lowest BCUT2D eigenvalue weighted by atomic mass is 10.0. The van der Waals surface area contributed by atoms with E-state index in [1.807, 2.05) is 6.92 Å². The number of likely N-dealkylation sites (N-methyl/N-ethyl adjacent to an activating group) is 1. The van der Waals surface area contributed by atoms with Gasteiger partial charge in [0.2, 0.25) is 0 Å². The number of rotatable bonds is 7. The van der Waals surface area contributed by atoms with Gasteiger partial charge < -0.3 is 20.6 Å². The number of hydrogen-bond acceptors (Lipinski definition) is 3. The van der Waals surface area contributed by atoms with Crippen molar-refractivity contribution in [2.24, 2.45) is 0 Å². The molecule has 0 aliphatic carbocycles. The molecule has 0 aromatic heterocycles. The Morgan fingerprint density at radius 2 is 1.91 bits per heavy atom. The highest BCUT2D eigenvalue weighted by molar-refractivity contribution is 5.74. The molecule has 0 spiro atoms. The van der Waals surface area contributed by atoms with Crippen molar-refractivity contribution in [2.75, 3.05) is 27.2 Å². The summed E-state index contributed by atoms with van der Waals surface area (Å²) in [7, 11) is 3.36. The van der Waals surface area contributed by atoms with Crippen molar-refractivity contribution in [1.29, 1.82) is 0 Å². The smallest absolute Gasteiger partial charge is 0.315 e. The van der Waals surface area contributed by atoms with Gasteiger partial charge >= 0.3 is 6.03 Å². The molecule has 0 fully saturated rings. The number of aliphatic hydroxyl groups is 1. The summed E-state index contributed by atoms with van der Waals surface area (Å²) in [5, 5.41) is 14.2. The molecule has 7 heteroatoms. The van der Waals surface area contributed by atoms with E-state index in [4.69, 9.17) is 5.11 Å². The van der Waals surface area contributed by atoms with Crippen LogP contribution in [0.25, 0.3) is 0 Å². The third kappa shape index (κ3) is 4.92. The molecule has 2 unspecified atom stereocenters. The molecule has 3 N–H and O–H groups in total. The summed E-state index contributed by atoms with van der Waals surface area (Å²) in [6, 6.07) is 2.21. The van der Waals surface area contributed by atoms with Gasteiger partial charge in [-0.15, -0.1) is 0 Å². The standard InChI is InChI=1S/C15H23F2N3O2/c1-4-10(9-21)19-15(22)18-8-13(20(2)3)14-11(16)6-5-7-12(14)17/h5-7,10,13,21H,4,8-9H2,1-3H3,(H2,18,19,22). The van der Waals surface area contributed by atoms with Gasteiger partial charge in [-0.25, -0.2) is 13.6 Å². The van der Waals surface area contributed by atoms with Gasteiger partial charge in [0.1, 0.15) is 11.6 Å². The van der Waals surface area contributed by atoms with Crippen LogP contribution in [0.5, 0.6) is 0 Å². The number of nitrogens with zero attached hydrogens (tertiary/aromatic N) is 1. The summed E-state index contributed by atoms with van der Waals surface area (Å²) in [6.07, 6.45) is 0.586. The van der Waals surface area contributed by atoms with E-state index in [0.717, 1.165) is 0 Å². The minimum absolute atomic E-state index is 0.0402. The Morgan fingerprint density at radius 1 is 1.32 bits per heavy atom. The van der Waals surface area contributed by atoms with E-state index in [1.54, 1.807) is 19.0 Å². The molecule has 0 heterocycles. The highest BCUT2D eigenvalue weighted by Crippen LogP contribution is 2.23. The number of urea groups is 1. The average Bonchev–Trinajstić information content (AvgIpc) is 2.47. The van der Waals surface area contributed by atoms with Gasteiger partial charge in [-0.05, 0) is 32.6 Å². The highest BCUT2D eigenvalue weighted by Gasteiger charge is 2.23. The number of aliphatic hydroxyl groups excluding tert-OH is 1. The van der Waals surface area contributed by atoms with Crippen LogP contribution in [0.1, 0.15) is 24.9 Å². The first-order chi connectivity index (χ1) is 10.4. The van der Waals surface area contributed by atoms with Crippen LogP contribution in [0.2, 0.25) is 0 Å². The van der Waals surface area contributed by atoms with Crippen LogP contribution in [0.3, 0.4) is 0 Å². The van der Waals surface area contributed by atoms with Crippen LogP contribution in [0.15, 0.2) is 18.2 Å². The normalized spacial score (nSPS) is 13.8. The average molecular weight is 315 g/mol. The number of nitrogens with one attached hydrogen (secondary N) is 2. The largest absolute Gasteiger partial charge is 0.394 e. The topological polar surface area (TPSA) is 64.6 Å². The van der Waals surface area contributed by atoms with E-state index in [1.165, 1.54) is 18.2 Å². The van der Waals surface area contributed by atoms with Crippen LogP contribution < -0.4 is 10.6 Å². The maximum Gasteiger partial charge on any atom is 0.315 e. The van der Waals surface area contributed by atoms with Crippen molar-refractivity contribution in [2.45, 2.75) is 25.4 Å². The van der Waals surface area contributed by atoms with Crippen molar-refractivity contribution < 1.29 is 18.7 Å². The highest BCUT2D eigenvalue weighted by atomic mass is 19.1. The summed E-state index contributed by atoms with van der Waals surface area (Å²) >= 11 is 0. The maximum absolute atomic E-state index is 13.9. The Labute approximate surface area is 129 Å². The van der Waals surface area contributed by atoms with Crippen LogP contribution >= 0.6 is 0 Å². The summed E-state index contributed by atoms with van der Waals surface area (Å²) < 4.78 is 27.8. The Morgan fingerprint density at radius 3 is 2.36 bits per heavy atom. The molecule has 0 bridgehead atoms. The lowest BCUT2D eigenvalue weighted by Gasteiger charge is -2.26. The fourth-order valence-electron chi connectivity index (χ4n) is 2.07. The SMILES string of the molecule is CCC(CO)NC(=O)NCC(c1c(F)cccc1F)N(C)C. The lowest BCUT2D eigenvalue weighted by molar-refractivity contribution is 0.209. The van der Waals surface area contributed by atoms with Gasteiger partial charge in [-0.3, -0.25) is 0 Å². The number of amides is 2. The predicted molar refractivity (Wildman–Crippen MR) is 80.5 cm³/mol. The summed E-state index contributed by atoms with van der Waals surface area (Å²) in [6.45, 7) is 1.71. The fraction of sp³-hybridized carbons (Fsp3) is 0.533.